The molecule has 3 aromatic carbocycles. The maximum Gasteiger partial charge on any atom is 0.264 e. The van der Waals surface area contributed by atoms with E-state index in [2.05, 4.69) is 22.2 Å². The molecule has 10 nitrogen and oxygen atoms in total. The zero-order chi connectivity index (χ0) is 31.3. The van der Waals surface area contributed by atoms with Gasteiger partial charge in [-0.2, -0.15) is 0 Å². The van der Waals surface area contributed by atoms with Gasteiger partial charge in [-0.3, -0.25) is 14.3 Å². The summed E-state index contributed by atoms with van der Waals surface area (Å²) in [5, 5.41) is 33.2. The van der Waals surface area contributed by atoms with Crippen LogP contribution in [0.2, 0.25) is 0 Å². The summed E-state index contributed by atoms with van der Waals surface area (Å²) in [5.41, 5.74) is 7.94. The van der Waals surface area contributed by atoms with Crippen LogP contribution in [0, 0.1) is 5.92 Å². The number of aromatic nitrogens is 3. The van der Waals surface area contributed by atoms with Gasteiger partial charge in [0.05, 0.1) is 23.9 Å². The van der Waals surface area contributed by atoms with Crippen LogP contribution in [0.3, 0.4) is 0 Å². The number of allylic oxidation sites excluding steroid dienone is 1. The highest BCUT2D eigenvalue weighted by Crippen LogP contribution is 2.46. The van der Waals surface area contributed by atoms with Crippen LogP contribution in [-0.2, 0) is 16.9 Å². The highest BCUT2D eigenvalue weighted by molar-refractivity contribution is 6.09. The molecule has 0 saturated heterocycles. The average Bonchev–Trinajstić information content (AvgIpc) is 3.58. The number of hydrogen-bond acceptors (Lipinski definition) is 7. The van der Waals surface area contributed by atoms with E-state index >= 15 is 0 Å². The van der Waals surface area contributed by atoms with Gasteiger partial charge in [-0.05, 0) is 54.4 Å². The van der Waals surface area contributed by atoms with Crippen LogP contribution < -0.4 is 16.0 Å². The molecule has 5 N–H and O–H groups in total. The van der Waals surface area contributed by atoms with Gasteiger partial charge in [0.2, 0.25) is 0 Å². The maximum atomic E-state index is 13.6. The molecule has 0 spiro atoms. The van der Waals surface area contributed by atoms with Crippen molar-refractivity contribution in [3.05, 3.63) is 126 Å². The van der Waals surface area contributed by atoms with E-state index in [1.54, 1.807) is 60.1 Å². The van der Waals surface area contributed by atoms with Gasteiger partial charge in [-0.25, -0.2) is 0 Å². The number of aliphatic hydroxyl groups excluding tert-OH is 1. The van der Waals surface area contributed by atoms with Crippen molar-refractivity contribution < 1.29 is 19.8 Å². The summed E-state index contributed by atoms with van der Waals surface area (Å²) in [6.07, 6.45) is 7.73. The van der Waals surface area contributed by atoms with Crippen LogP contribution in [0.1, 0.15) is 46.4 Å². The van der Waals surface area contributed by atoms with E-state index in [1.165, 1.54) is 4.90 Å². The maximum absolute atomic E-state index is 13.6. The van der Waals surface area contributed by atoms with Crippen molar-refractivity contribution in [2.75, 3.05) is 29.1 Å². The number of carbonyl (C=O) groups is 2. The summed E-state index contributed by atoms with van der Waals surface area (Å²) < 4.78 is 1.71. The Kier molecular flexibility index (Phi) is 9.03. The molecule has 1 aromatic heterocycles. The highest BCUT2D eigenvalue weighted by Gasteiger charge is 2.52. The van der Waals surface area contributed by atoms with Crippen molar-refractivity contribution in [3.8, 4) is 0 Å². The van der Waals surface area contributed by atoms with Gasteiger partial charge in [0.25, 0.3) is 11.8 Å². The summed E-state index contributed by atoms with van der Waals surface area (Å²) in [5.74, 6) is -1.64. The van der Waals surface area contributed by atoms with E-state index in [4.69, 9.17) is 5.73 Å². The molecule has 226 valence electrons. The number of fused-ring (bicyclic) bond motifs is 1. The van der Waals surface area contributed by atoms with Crippen LogP contribution in [-0.4, -0.2) is 50.2 Å². The number of anilines is 3. The quantitative estimate of drug-likeness (QED) is 0.142. The third-order valence-electron chi connectivity index (χ3n) is 7.92. The first-order chi connectivity index (χ1) is 21.3. The highest BCUT2D eigenvalue weighted by atomic mass is 16.3. The predicted molar refractivity (Wildman–Crippen MR) is 170 cm³/mol. The number of amides is 2. The second-order valence-corrected chi connectivity index (χ2v) is 10.8. The van der Waals surface area contributed by atoms with E-state index in [0.717, 1.165) is 5.56 Å². The number of nitrogens with two attached hydrogens (primary N) is 1. The van der Waals surface area contributed by atoms with Crippen LogP contribution in [0.5, 0.6) is 0 Å². The van der Waals surface area contributed by atoms with Crippen molar-refractivity contribution in [2.45, 2.75) is 31.4 Å². The number of aliphatic hydroxyl groups is 2. The number of hydrogen-bond donors (Lipinski definition) is 4. The molecule has 0 saturated carbocycles. The zero-order valence-electron chi connectivity index (χ0n) is 24.5. The van der Waals surface area contributed by atoms with Crippen molar-refractivity contribution in [1.82, 2.24) is 15.0 Å². The normalized spacial score (nSPS) is 17.4. The Bertz CT molecular complexity index is 1670. The second kappa shape index (κ2) is 13.1. The molecule has 1 aliphatic rings. The third-order valence-corrected chi connectivity index (χ3v) is 7.92. The summed E-state index contributed by atoms with van der Waals surface area (Å²) in [6.45, 7) is 6.22. The number of nitrogens with zero attached hydrogens (tertiary/aromatic N) is 4. The molecule has 0 radical (unpaired) electrons. The molecule has 10 heteroatoms. The summed E-state index contributed by atoms with van der Waals surface area (Å²) >= 11 is 0. The lowest BCUT2D eigenvalue weighted by molar-refractivity contribution is -0.139. The van der Waals surface area contributed by atoms with Crippen LogP contribution in [0.15, 0.2) is 104 Å². The minimum absolute atomic E-state index is 0.0795. The number of nitrogens with one attached hydrogen (secondary N) is 1. The van der Waals surface area contributed by atoms with Gasteiger partial charge in [-0.1, -0.05) is 60.7 Å². The Hall–Kier alpha value is -5.06. The molecular weight excluding hydrogens is 556 g/mol. The largest absolute Gasteiger partial charge is 0.399 e. The molecule has 3 atom stereocenters. The SMILES string of the molecule is C=CCN1C(=O)[C@@](O)([C@@H](C)/C=C/CCn2cc(C(CO)c3ccccc3)nn2)c2cc(NC(=O)c3ccc(N)cc3)ccc21. The third kappa shape index (κ3) is 6.03. The number of benzene rings is 3. The lowest BCUT2D eigenvalue weighted by Gasteiger charge is -2.27. The molecule has 2 heterocycles. The van der Waals surface area contributed by atoms with Gasteiger partial charge in [0.1, 0.15) is 0 Å². The van der Waals surface area contributed by atoms with Crippen molar-refractivity contribution >= 4 is 28.9 Å². The molecule has 44 heavy (non-hydrogen) atoms. The Morgan fingerprint density at radius 1 is 1.14 bits per heavy atom. The Morgan fingerprint density at radius 3 is 2.59 bits per heavy atom. The monoisotopic (exact) mass is 592 g/mol. The lowest BCUT2D eigenvalue weighted by atomic mass is 9.82. The molecule has 0 aliphatic carbocycles. The molecule has 4 aromatic rings. The molecule has 5 rings (SSSR count). The molecule has 1 unspecified atom stereocenters. The number of rotatable bonds is 12. The van der Waals surface area contributed by atoms with E-state index in [-0.39, 0.29) is 25.0 Å². The van der Waals surface area contributed by atoms with Crippen LogP contribution in [0.4, 0.5) is 17.1 Å². The Labute approximate surface area is 256 Å². The second-order valence-electron chi connectivity index (χ2n) is 10.8. The fourth-order valence-corrected chi connectivity index (χ4v) is 5.46. The predicted octanol–water partition coefficient (Wildman–Crippen LogP) is 4.24. The summed E-state index contributed by atoms with van der Waals surface area (Å²) in [4.78, 5) is 28.0. The number of nitrogen functional groups attached to an aromatic ring is 1. The van der Waals surface area contributed by atoms with Gasteiger partial charge in [-0.15, -0.1) is 11.7 Å². The summed E-state index contributed by atoms with van der Waals surface area (Å²) in [7, 11) is 0. The van der Waals surface area contributed by atoms with Gasteiger partial charge in [0.15, 0.2) is 5.60 Å². The fraction of sp³-hybridized carbons (Fsp3) is 0.235. The smallest absolute Gasteiger partial charge is 0.264 e. The van der Waals surface area contributed by atoms with E-state index in [9.17, 15) is 19.8 Å². The summed E-state index contributed by atoms with van der Waals surface area (Å²) in [6, 6.07) is 21.3. The molecule has 0 fully saturated rings. The minimum Gasteiger partial charge on any atom is -0.399 e. The first-order valence-corrected chi connectivity index (χ1v) is 14.5. The zero-order valence-corrected chi connectivity index (χ0v) is 24.5. The van der Waals surface area contributed by atoms with Crippen molar-refractivity contribution in [2.24, 2.45) is 5.92 Å². The molecular formula is C34H36N6O4. The first kappa shape index (κ1) is 30.4. The standard InChI is InChI=1S/C34H36N6O4/c1-3-18-40-31-17-16-27(36-32(42)25-12-14-26(35)15-13-25)20-29(31)34(44,33(40)43)23(2)9-7-8-19-39-21-30(37-38-39)28(22-41)24-10-5-4-6-11-24/h3-7,9-17,20-21,23,28,41,44H,1,8,18-19,22,35H2,2H3,(H,36,42)/b9-7+/t23-,28?,34+/m0/s1. The van der Waals surface area contributed by atoms with Gasteiger partial charge < -0.3 is 26.2 Å². The average molecular weight is 593 g/mol. The van der Waals surface area contributed by atoms with Gasteiger partial charge in [0, 0.05) is 47.7 Å². The van der Waals surface area contributed by atoms with Crippen molar-refractivity contribution in [3.63, 3.8) is 0 Å². The first-order valence-electron chi connectivity index (χ1n) is 14.5. The Balaban J connectivity index is 1.30. The fourth-order valence-electron chi connectivity index (χ4n) is 5.46. The van der Waals surface area contributed by atoms with Crippen LogP contribution >= 0.6 is 0 Å². The van der Waals surface area contributed by atoms with E-state index < -0.39 is 17.4 Å². The number of aryl methyl sites for hydroxylation is 1. The molecule has 1 aliphatic heterocycles. The van der Waals surface area contributed by atoms with Gasteiger partial charge >= 0.3 is 0 Å². The topological polar surface area (TPSA) is 147 Å². The minimum atomic E-state index is -1.85. The van der Waals surface area contributed by atoms with Crippen molar-refractivity contribution in [1.29, 1.82) is 0 Å². The van der Waals surface area contributed by atoms with E-state index in [0.29, 0.717) is 46.8 Å². The lowest BCUT2D eigenvalue weighted by Crippen LogP contribution is -2.44. The molecule has 2 amide bonds. The number of carbonyl (C=O) groups excluding carboxylic acids is 2. The van der Waals surface area contributed by atoms with Crippen LogP contribution in [0.25, 0.3) is 0 Å². The molecule has 0 bridgehead atoms. The van der Waals surface area contributed by atoms with E-state index in [1.807, 2.05) is 48.7 Å². The Morgan fingerprint density at radius 2 is 1.89 bits per heavy atom.